The molecular formula is C35H25N. The zero-order valence-corrected chi connectivity index (χ0v) is 20.1. The van der Waals surface area contributed by atoms with Gasteiger partial charge in [0, 0.05) is 16.5 Å². The maximum Gasteiger partial charge on any atom is 0.0541 e. The van der Waals surface area contributed by atoms with Crippen molar-refractivity contribution in [2.45, 2.75) is 6.92 Å². The van der Waals surface area contributed by atoms with Crippen molar-refractivity contribution in [3.63, 3.8) is 0 Å². The monoisotopic (exact) mass is 459 g/mol. The summed E-state index contributed by atoms with van der Waals surface area (Å²) in [6, 6.07) is 48.4. The van der Waals surface area contributed by atoms with Crippen LogP contribution in [0.3, 0.4) is 0 Å². The van der Waals surface area contributed by atoms with Gasteiger partial charge in [-0.15, -0.1) is 0 Å². The number of nitrogens with zero attached hydrogens (tertiary/aromatic N) is 1. The van der Waals surface area contributed by atoms with Gasteiger partial charge in [-0.1, -0.05) is 103 Å². The van der Waals surface area contributed by atoms with E-state index in [0.717, 1.165) is 0 Å². The molecule has 0 aliphatic heterocycles. The topological polar surface area (TPSA) is 4.93 Å². The predicted octanol–water partition coefficient (Wildman–Crippen LogP) is 9.58. The van der Waals surface area contributed by atoms with Gasteiger partial charge in [-0.3, -0.25) is 0 Å². The molecule has 0 saturated heterocycles. The highest BCUT2D eigenvalue weighted by molar-refractivity contribution is 6.10. The van der Waals surface area contributed by atoms with Crippen LogP contribution >= 0.6 is 0 Å². The van der Waals surface area contributed by atoms with Crippen molar-refractivity contribution in [2.24, 2.45) is 0 Å². The minimum absolute atomic E-state index is 1.18. The van der Waals surface area contributed by atoms with Gasteiger partial charge in [-0.25, -0.2) is 0 Å². The van der Waals surface area contributed by atoms with Gasteiger partial charge in [-0.05, 0) is 76.3 Å². The molecule has 7 rings (SSSR count). The van der Waals surface area contributed by atoms with Gasteiger partial charge in [0.1, 0.15) is 0 Å². The molecule has 6 aromatic carbocycles. The number of fused-ring (bicyclic) bond motifs is 4. The third kappa shape index (κ3) is 3.32. The lowest BCUT2D eigenvalue weighted by molar-refractivity contribution is 1.18. The highest BCUT2D eigenvalue weighted by atomic mass is 15.0. The SMILES string of the molecule is Cc1ccc2c(c1)c1cc(-c3ccccc3)ccc1n2-c1ccc(-c2cccc3ccccc23)cc1. The lowest BCUT2D eigenvalue weighted by Crippen LogP contribution is -1.94. The molecule has 0 radical (unpaired) electrons. The summed E-state index contributed by atoms with van der Waals surface area (Å²) in [6.07, 6.45) is 0. The van der Waals surface area contributed by atoms with E-state index in [1.165, 1.54) is 66.1 Å². The third-order valence-corrected chi connectivity index (χ3v) is 7.25. The molecule has 1 nitrogen and oxygen atoms in total. The van der Waals surface area contributed by atoms with Crippen LogP contribution in [0.15, 0.2) is 133 Å². The number of rotatable bonds is 3. The molecule has 0 atom stereocenters. The molecule has 1 heteroatoms. The van der Waals surface area contributed by atoms with Crippen molar-refractivity contribution in [1.29, 1.82) is 0 Å². The van der Waals surface area contributed by atoms with E-state index in [2.05, 4.69) is 145 Å². The Bertz CT molecular complexity index is 1870. The molecule has 0 unspecified atom stereocenters. The van der Waals surface area contributed by atoms with Crippen molar-refractivity contribution < 1.29 is 0 Å². The first-order chi connectivity index (χ1) is 17.8. The van der Waals surface area contributed by atoms with Crippen LogP contribution in [-0.4, -0.2) is 4.57 Å². The smallest absolute Gasteiger partial charge is 0.0541 e. The van der Waals surface area contributed by atoms with Gasteiger partial charge in [0.15, 0.2) is 0 Å². The van der Waals surface area contributed by atoms with Crippen LogP contribution in [0.5, 0.6) is 0 Å². The Morgan fingerprint density at radius 1 is 0.444 bits per heavy atom. The Labute approximate surface area is 210 Å². The Morgan fingerprint density at radius 3 is 1.94 bits per heavy atom. The molecule has 0 fully saturated rings. The van der Waals surface area contributed by atoms with E-state index in [1.54, 1.807) is 0 Å². The standard InChI is InChI=1S/C35H25N/c1-24-14-20-34-32(22-24)33-23-28(25-8-3-2-4-9-25)17-21-35(33)36(34)29-18-15-27(16-19-29)31-13-7-11-26-10-5-6-12-30(26)31/h2-23H,1H3. The molecule has 0 bridgehead atoms. The van der Waals surface area contributed by atoms with Crippen molar-refractivity contribution in [3.05, 3.63) is 139 Å². The maximum absolute atomic E-state index is 2.39. The van der Waals surface area contributed by atoms with Gasteiger partial charge in [0.25, 0.3) is 0 Å². The van der Waals surface area contributed by atoms with Crippen LogP contribution in [0, 0.1) is 6.92 Å². The fraction of sp³-hybridized carbons (Fsp3) is 0.0286. The zero-order chi connectivity index (χ0) is 24.1. The fourth-order valence-electron chi connectivity index (χ4n) is 5.49. The minimum atomic E-state index is 1.18. The molecule has 1 heterocycles. The minimum Gasteiger partial charge on any atom is -0.309 e. The molecule has 0 spiro atoms. The molecule has 0 aliphatic carbocycles. The third-order valence-electron chi connectivity index (χ3n) is 7.25. The summed E-state index contributed by atoms with van der Waals surface area (Å²) in [7, 11) is 0. The Kier molecular flexibility index (Phi) is 4.75. The average Bonchev–Trinajstić information content (AvgIpc) is 3.26. The largest absolute Gasteiger partial charge is 0.309 e. The number of hydrogen-bond donors (Lipinski definition) is 0. The van der Waals surface area contributed by atoms with Gasteiger partial charge in [0.05, 0.1) is 11.0 Å². The summed E-state index contributed by atoms with van der Waals surface area (Å²) in [5, 5.41) is 5.13. The van der Waals surface area contributed by atoms with E-state index < -0.39 is 0 Å². The van der Waals surface area contributed by atoms with Crippen LogP contribution in [0.4, 0.5) is 0 Å². The second-order valence-electron chi connectivity index (χ2n) is 9.53. The Morgan fingerprint density at radius 2 is 1.11 bits per heavy atom. The first-order valence-corrected chi connectivity index (χ1v) is 12.5. The summed E-state index contributed by atoms with van der Waals surface area (Å²) < 4.78 is 2.39. The van der Waals surface area contributed by atoms with E-state index in [9.17, 15) is 0 Å². The van der Waals surface area contributed by atoms with Crippen LogP contribution < -0.4 is 0 Å². The van der Waals surface area contributed by atoms with Gasteiger partial charge in [-0.2, -0.15) is 0 Å². The second-order valence-corrected chi connectivity index (χ2v) is 9.53. The van der Waals surface area contributed by atoms with E-state index >= 15 is 0 Å². The summed E-state index contributed by atoms with van der Waals surface area (Å²) in [4.78, 5) is 0. The molecule has 7 aromatic rings. The number of aryl methyl sites for hydroxylation is 1. The Hall–Kier alpha value is -4.62. The van der Waals surface area contributed by atoms with E-state index in [-0.39, 0.29) is 0 Å². The van der Waals surface area contributed by atoms with Gasteiger partial charge in [0.2, 0.25) is 0 Å². The summed E-state index contributed by atoms with van der Waals surface area (Å²) >= 11 is 0. The van der Waals surface area contributed by atoms with Gasteiger partial charge >= 0.3 is 0 Å². The number of hydrogen-bond acceptors (Lipinski definition) is 0. The van der Waals surface area contributed by atoms with Crippen LogP contribution in [-0.2, 0) is 0 Å². The zero-order valence-electron chi connectivity index (χ0n) is 20.1. The summed E-state index contributed by atoms with van der Waals surface area (Å²) in [6.45, 7) is 2.17. The van der Waals surface area contributed by atoms with Crippen LogP contribution in [0.2, 0.25) is 0 Å². The van der Waals surface area contributed by atoms with Crippen molar-refractivity contribution in [3.8, 4) is 27.9 Å². The normalized spacial score (nSPS) is 11.5. The van der Waals surface area contributed by atoms with Crippen molar-refractivity contribution >= 4 is 32.6 Å². The molecular weight excluding hydrogens is 434 g/mol. The van der Waals surface area contributed by atoms with Gasteiger partial charge < -0.3 is 4.57 Å². The van der Waals surface area contributed by atoms with Crippen LogP contribution in [0.1, 0.15) is 5.56 Å². The molecule has 36 heavy (non-hydrogen) atoms. The average molecular weight is 460 g/mol. The van der Waals surface area contributed by atoms with Crippen molar-refractivity contribution in [1.82, 2.24) is 4.57 Å². The van der Waals surface area contributed by atoms with E-state index in [0.29, 0.717) is 0 Å². The van der Waals surface area contributed by atoms with Crippen LogP contribution in [0.25, 0.3) is 60.5 Å². The first kappa shape index (κ1) is 20.7. The number of aromatic nitrogens is 1. The molecule has 0 aliphatic rings. The quantitative estimate of drug-likeness (QED) is 0.248. The second kappa shape index (κ2) is 8.25. The summed E-state index contributed by atoms with van der Waals surface area (Å²) in [5.41, 5.74) is 9.91. The highest BCUT2D eigenvalue weighted by Gasteiger charge is 2.14. The van der Waals surface area contributed by atoms with Crippen molar-refractivity contribution in [2.75, 3.05) is 0 Å². The molecule has 0 saturated carbocycles. The molecule has 170 valence electrons. The lowest BCUT2D eigenvalue weighted by atomic mass is 9.98. The molecule has 0 amide bonds. The van der Waals surface area contributed by atoms with E-state index in [4.69, 9.17) is 0 Å². The van der Waals surface area contributed by atoms with E-state index in [1.807, 2.05) is 0 Å². The lowest BCUT2D eigenvalue weighted by Gasteiger charge is -2.11. The predicted molar refractivity (Wildman–Crippen MR) is 154 cm³/mol. The maximum atomic E-state index is 2.39. The number of benzene rings is 6. The summed E-state index contributed by atoms with van der Waals surface area (Å²) in [5.74, 6) is 0. The fourth-order valence-corrected chi connectivity index (χ4v) is 5.49. The Balaban J connectivity index is 1.41. The first-order valence-electron chi connectivity index (χ1n) is 12.5. The molecule has 1 aromatic heterocycles. The molecule has 0 N–H and O–H groups in total. The highest BCUT2D eigenvalue weighted by Crippen LogP contribution is 2.36.